The molecule has 0 radical (unpaired) electrons. The average molecular weight is 224 g/mol. The molecule has 4 heteroatoms. The molecule has 17 heavy (non-hydrogen) atoms. The van der Waals surface area contributed by atoms with E-state index >= 15 is 0 Å². The Bertz CT molecular complexity index is 685. The van der Waals surface area contributed by atoms with E-state index in [1.54, 1.807) is 6.33 Å². The van der Waals surface area contributed by atoms with E-state index in [1.807, 2.05) is 31.3 Å². The Balaban J connectivity index is 2.31. The highest BCUT2D eigenvalue weighted by Crippen LogP contribution is 2.31. The van der Waals surface area contributed by atoms with Gasteiger partial charge in [0.1, 0.15) is 6.33 Å². The Morgan fingerprint density at radius 3 is 2.88 bits per heavy atom. The summed E-state index contributed by atoms with van der Waals surface area (Å²) in [5, 5.41) is 1.12. The smallest absolute Gasteiger partial charge is 0.116 e. The first kappa shape index (κ1) is 9.84. The van der Waals surface area contributed by atoms with Gasteiger partial charge in [-0.15, -0.1) is 0 Å². The summed E-state index contributed by atoms with van der Waals surface area (Å²) in [6, 6.07) is 8.09. The summed E-state index contributed by atoms with van der Waals surface area (Å²) < 4.78 is 0. The Kier molecular flexibility index (Phi) is 2.08. The van der Waals surface area contributed by atoms with E-state index in [0.717, 1.165) is 27.9 Å². The largest absolute Gasteiger partial charge is 0.395 e. The third-order valence-corrected chi connectivity index (χ3v) is 2.93. The van der Waals surface area contributed by atoms with Gasteiger partial charge in [-0.25, -0.2) is 9.97 Å². The van der Waals surface area contributed by atoms with Crippen molar-refractivity contribution in [1.29, 1.82) is 0 Å². The topological polar surface area (TPSA) is 67.6 Å². The van der Waals surface area contributed by atoms with Crippen molar-refractivity contribution in [2.75, 3.05) is 5.73 Å². The third-order valence-electron chi connectivity index (χ3n) is 2.93. The first-order valence-corrected chi connectivity index (χ1v) is 5.41. The molecule has 4 nitrogen and oxygen atoms in total. The summed E-state index contributed by atoms with van der Waals surface area (Å²) in [6.07, 6.45) is 3.48. The van der Waals surface area contributed by atoms with E-state index in [1.165, 1.54) is 0 Å². The number of fused-ring (bicyclic) bond motifs is 1. The second-order valence-corrected chi connectivity index (χ2v) is 3.97. The lowest BCUT2D eigenvalue weighted by atomic mass is 10.1. The normalized spacial score (nSPS) is 10.9. The van der Waals surface area contributed by atoms with Crippen LogP contribution in [0.2, 0.25) is 0 Å². The number of nitrogens with one attached hydrogen (secondary N) is 1. The number of anilines is 1. The molecule has 3 rings (SSSR count). The van der Waals surface area contributed by atoms with Gasteiger partial charge in [0.25, 0.3) is 0 Å². The summed E-state index contributed by atoms with van der Waals surface area (Å²) in [6.45, 7) is 1.88. The van der Waals surface area contributed by atoms with E-state index in [-0.39, 0.29) is 0 Å². The molecule has 3 aromatic rings. The molecule has 0 aliphatic heterocycles. The number of H-pyrrole nitrogens is 1. The molecule has 3 N–H and O–H groups in total. The predicted molar refractivity (Wildman–Crippen MR) is 68.5 cm³/mol. The van der Waals surface area contributed by atoms with Crippen LogP contribution in [0.4, 0.5) is 5.69 Å². The van der Waals surface area contributed by atoms with Crippen molar-refractivity contribution >= 4 is 16.6 Å². The molecule has 0 unspecified atom stereocenters. The summed E-state index contributed by atoms with van der Waals surface area (Å²) in [7, 11) is 0. The molecule has 0 spiro atoms. The number of benzene rings is 1. The lowest BCUT2D eigenvalue weighted by Gasteiger charge is -2.04. The first-order chi connectivity index (χ1) is 8.27. The fraction of sp³-hybridized carbons (Fsp3) is 0.0769. The summed E-state index contributed by atoms with van der Waals surface area (Å²) in [5.74, 6) is 0. The van der Waals surface area contributed by atoms with Gasteiger partial charge in [-0.1, -0.05) is 18.2 Å². The summed E-state index contributed by atoms with van der Waals surface area (Å²) >= 11 is 0. The number of aryl methyl sites for hydroxylation is 1. The molecular weight excluding hydrogens is 212 g/mol. The predicted octanol–water partition coefficient (Wildman–Crippen LogP) is 2.52. The molecular formula is C13H12N4. The maximum Gasteiger partial charge on any atom is 0.116 e. The van der Waals surface area contributed by atoms with Crippen LogP contribution in [0.15, 0.2) is 36.8 Å². The van der Waals surface area contributed by atoms with Gasteiger partial charge >= 0.3 is 0 Å². The van der Waals surface area contributed by atoms with Gasteiger partial charge in [-0.2, -0.15) is 0 Å². The van der Waals surface area contributed by atoms with Crippen molar-refractivity contribution in [2.45, 2.75) is 6.92 Å². The Hall–Kier alpha value is -2.36. The van der Waals surface area contributed by atoms with Gasteiger partial charge in [0.05, 0.1) is 17.1 Å². The van der Waals surface area contributed by atoms with Crippen LogP contribution in [0.25, 0.3) is 22.2 Å². The highest BCUT2D eigenvalue weighted by Gasteiger charge is 2.11. The van der Waals surface area contributed by atoms with Crippen molar-refractivity contribution in [3.05, 3.63) is 42.5 Å². The molecule has 2 heterocycles. The number of rotatable bonds is 1. The highest BCUT2D eigenvalue weighted by molar-refractivity contribution is 5.97. The third kappa shape index (κ3) is 1.45. The minimum atomic E-state index is 0.636. The SMILES string of the molecule is Cc1ncnc(-c2c[nH]c3ccccc23)c1N. The van der Waals surface area contributed by atoms with Crippen LogP contribution in [-0.2, 0) is 0 Å². The van der Waals surface area contributed by atoms with Gasteiger partial charge in [-0.05, 0) is 13.0 Å². The lowest BCUT2D eigenvalue weighted by molar-refractivity contribution is 1.11. The Morgan fingerprint density at radius 1 is 1.18 bits per heavy atom. The number of para-hydroxylation sites is 1. The van der Waals surface area contributed by atoms with E-state index in [0.29, 0.717) is 5.69 Å². The summed E-state index contributed by atoms with van der Waals surface area (Å²) in [5.41, 5.74) is 10.4. The molecule has 0 bridgehead atoms. The van der Waals surface area contributed by atoms with Gasteiger partial charge in [0, 0.05) is 22.7 Å². The van der Waals surface area contributed by atoms with E-state index < -0.39 is 0 Å². The number of hydrogen-bond donors (Lipinski definition) is 2. The molecule has 0 aliphatic rings. The average Bonchev–Trinajstić information content (AvgIpc) is 2.77. The quantitative estimate of drug-likeness (QED) is 0.667. The monoisotopic (exact) mass is 224 g/mol. The Morgan fingerprint density at radius 2 is 2.00 bits per heavy atom. The number of aromatic amines is 1. The summed E-state index contributed by atoms with van der Waals surface area (Å²) in [4.78, 5) is 11.6. The van der Waals surface area contributed by atoms with Crippen LogP contribution in [0.3, 0.4) is 0 Å². The zero-order valence-corrected chi connectivity index (χ0v) is 9.44. The van der Waals surface area contributed by atoms with Crippen LogP contribution in [0, 0.1) is 6.92 Å². The van der Waals surface area contributed by atoms with Crippen LogP contribution in [0.5, 0.6) is 0 Å². The highest BCUT2D eigenvalue weighted by atomic mass is 14.9. The molecule has 84 valence electrons. The zero-order valence-electron chi connectivity index (χ0n) is 9.44. The van der Waals surface area contributed by atoms with Crippen LogP contribution >= 0.6 is 0 Å². The molecule has 2 aromatic heterocycles. The molecule has 0 saturated heterocycles. The molecule has 0 fully saturated rings. The van der Waals surface area contributed by atoms with E-state index in [4.69, 9.17) is 5.73 Å². The number of aromatic nitrogens is 3. The number of nitrogens with zero attached hydrogens (tertiary/aromatic N) is 2. The second kappa shape index (κ2) is 3.59. The van der Waals surface area contributed by atoms with Crippen molar-refractivity contribution in [1.82, 2.24) is 15.0 Å². The fourth-order valence-corrected chi connectivity index (χ4v) is 1.97. The van der Waals surface area contributed by atoms with Crippen molar-refractivity contribution in [3.63, 3.8) is 0 Å². The Labute approximate surface area is 98.5 Å². The minimum Gasteiger partial charge on any atom is -0.395 e. The molecule has 1 aromatic carbocycles. The van der Waals surface area contributed by atoms with Crippen molar-refractivity contribution < 1.29 is 0 Å². The minimum absolute atomic E-state index is 0.636. The second-order valence-electron chi connectivity index (χ2n) is 3.97. The van der Waals surface area contributed by atoms with Gasteiger partial charge < -0.3 is 10.7 Å². The molecule has 0 aliphatic carbocycles. The molecule has 0 atom stereocenters. The first-order valence-electron chi connectivity index (χ1n) is 5.41. The van der Waals surface area contributed by atoms with Gasteiger partial charge in [-0.3, -0.25) is 0 Å². The van der Waals surface area contributed by atoms with Crippen LogP contribution in [0.1, 0.15) is 5.69 Å². The van der Waals surface area contributed by atoms with Crippen LogP contribution < -0.4 is 5.73 Å². The van der Waals surface area contributed by atoms with Crippen LogP contribution in [-0.4, -0.2) is 15.0 Å². The van der Waals surface area contributed by atoms with Gasteiger partial charge in [0.2, 0.25) is 0 Å². The van der Waals surface area contributed by atoms with Gasteiger partial charge in [0.15, 0.2) is 0 Å². The van der Waals surface area contributed by atoms with E-state index in [9.17, 15) is 0 Å². The maximum absolute atomic E-state index is 6.03. The number of hydrogen-bond acceptors (Lipinski definition) is 3. The zero-order chi connectivity index (χ0) is 11.8. The number of nitrogens with two attached hydrogens (primary N) is 1. The fourth-order valence-electron chi connectivity index (χ4n) is 1.97. The molecule has 0 saturated carbocycles. The maximum atomic E-state index is 6.03. The van der Waals surface area contributed by atoms with Crippen molar-refractivity contribution in [2.24, 2.45) is 0 Å². The van der Waals surface area contributed by atoms with Crippen molar-refractivity contribution in [3.8, 4) is 11.3 Å². The standard InChI is InChI=1S/C13H12N4/c1-8-12(14)13(17-7-16-8)10-6-15-11-5-3-2-4-9(10)11/h2-7,15H,14H2,1H3. The van der Waals surface area contributed by atoms with E-state index in [2.05, 4.69) is 21.0 Å². The lowest BCUT2D eigenvalue weighted by Crippen LogP contribution is -1.98. The number of nitrogen functional groups attached to an aromatic ring is 1. The molecule has 0 amide bonds.